The second-order valence-corrected chi connectivity index (χ2v) is 7.05. The number of carbonyl (C=O) groups excluding carboxylic acids is 1. The Kier molecular flexibility index (Phi) is 5.72. The molecule has 31 heavy (non-hydrogen) atoms. The average molecular weight is 414 g/mol. The van der Waals surface area contributed by atoms with Gasteiger partial charge in [0.2, 0.25) is 0 Å². The Bertz CT molecular complexity index is 1210. The van der Waals surface area contributed by atoms with Crippen LogP contribution in [0.5, 0.6) is 0 Å². The van der Waals surface area contributed by atoms with Crippen LogP contribution in [0.1, 0.15) is 22.0 Å². The number of aliphatic hydroxyl groups excluding tert-OH is 1. The lowest BCUT2D eigenvalue weighted by atomic mass is 9.97. The third-order valence-electron chi connectivity index (χ3n) is 4.92. The molecule has 0 bridgehead atoms. The van der Waals surface area contributed by atoms with Gasteiger partial charge in [-0.25, -0.2) is 9.97 Å². The normalized spacial score (nSPS) is 11.8. The zero-order chi connectivity index (χ0) is 21.8. The fraction of sp³-hybridized carbons (Fsp3) is 0.130. The van der Waals surface area contributed by atoms with Gasteiger partial charge in [-0.3, -0.25) is 9.48 Å². The molecule has 0 spiro atoms. The van der Waals surface area contributed by atoms with E-state index in [2.05, 4.69) is 15.4 Å². The predicted molar refractivity (Wildman–Crippen MR) is 118 cm³/mol. The molecule has 0 aliphatic carbocycles. The summed E-state index contributed by atoms with van der Waals surface area (Å²) in [4.78, 5) is 21.7. The highest BCUT2D eigenvalue weighted by Gasteiger charge is 2.21. The minimum atomic E-state index is -0.646. The van der Waals surface area contributed by atoms with Gasteiger partial charge in [0, 0.05) is 29.9 Å². The predicted octanol–water partition coefficient (Wildman–Crippen LogP) is 2.59. The number of carbonyl (C=O) groups is 1. The number of aryl methyl sites for hydroxylation is 1. The van der Waals surface area contributed by atoms with Crippen LogP contribution >= 0.6 is 0 Å². The molecular formula is C23H22N6O2. The topological polar surface area (TPSA) is 119 Å². The van der Waals surface area contributed by atoms with Crippen molar-refractivity contribution in [1.29, 1.82) is 0 Å². The van der Waals surface area contributed by atoms with Gasteiger partial charge in [-0.2, -0.15) is 5.10 Å². The first kappa shape index (κ1) is 20.2. The number of anilines is 1. The number of benzene rings is 2. The Morgan fingerprint density at radius 1 is 1.13 bits per heavy atom. The lowest BCUT2D eigenvalue weighted by Gasteiger charge is -2.20. The van der Waals surface area contributed by atoms with Crippen LogP contribution < -0.4 is 11.1 Å². The summed E-state index contributed by atoms with van der Waals surface area (Å²) in [6.07, 6.45) is 5.14. The van der Waals surface area contributed by atoms with Crippen molar-refractivity contribution in [1.82, 2.24) is 25.1 Å². The van der Waals surface area contributed by atoms with Crippen molar-refractivity contribution in [2.75, 3.05) is 12.3 Å². The maximum atomic E-state index is 12.7. The number of nitrogens with two attached hydrogens (primary N) is 1. The van der Waals surface area contributed by atoms with Gasteiger partial charge in [0.15, 0.2) is 0 Å². The molecule has 2 aromatic carbocycles. The quantitative estimate of drug-likeness (QED) is 0.446. The molecule has 4 aromatic rings. The first-order chi connectivity index (χ1) is 15.1. The first-order valence-corrected chi connectivity index (χ1v) is 9.74. The summed E-state index contributed by atoms with van der Waals surface area (Å²) in [6.45, 7) is -0.286. The van der Waals surface area contributed by atoms with E-state index in [9.17, 15) is 9.90 Å². The van der Waals surface area contributed by atoms with Crippen LogP contribution in [0.25, 0.3) is 22.5 Å². The number of hydrogen-bond donors (Lipinski definition) is 3. The molecule has 0 saturated heterocycles. The summed E-state index contributed by atoms with van der Waals surface area (Å²) in [5.74, 6) is -0.0243. The summed E-state index contributed by atoms with van der Waals surface area (Å²) in [6, 6.07) is 15.6. The fourth-order valence-corrected chi connectivity index (χ4v) is 3.36. The molecule has 4 rings (SSSR count). The van der Waals surface area contributed by atoms with Crippen molar-refractivity contribution in [3.63, 3.8) is 0 Å². The molecule has 0 aliphatic rings. The third-order valence-corrected chi connectivity index (χ3v) is 4.92. The zero-order valence-corrected chi connectivity index (χ0v) is 16.9. The van der Waals surface area contributed by atoms with Gasteiger partial charge in [-0.1, -0.05) is 42.5 Å². The van der Waals surface area contributed by atoms with Crippen LogP contribution in [-0.4, -0.2) is 37.4 Å². The number of aliphatic hydroxyl groups is 1. The van der Waals surface area contributed by atoms with Crippen molar-refractivity contribution in [2.45, 2.75) is 6.04 Å². The Balaban J connectivity index is 1.72. The van der Waals surface area contributed by atoms with Crippen molar-refractivity contribution >= 4 is 11.7 Å². The van der Waals surface area contributed by atoms with Gasteiger partial charge < -0.3 is 16.2 Å². The summed E-state index contributed by atoms with van der Waals surface area (Å²) in [7, 11) is 1.83. The number of nitrogens with one attached hydrogen (secondary N) is 1. The molecule has 4 N–H and O–H groups in total. The first-order valence-electron chi connectivity index (χ1n) is 9.74. The molecule has 2 heterocycles. The number of hydrogen-bond acceptors (Lipinski definition) is 6. The van der Waals surface area contributed by atoms with E-state index in [0.29, 0.717) is 28.1 Å². The summed E-state index contributed by atoms with van der Waals surface area (Å²) >= 11 is 0. The summed E-state index contributed by atoms with van der Waals surface area (Å²) in [5, 5.41) is 17.1. The standard InChI is InChI=1S/C23H22N6O2/c1-29-13-16(11-26-29)19-12-25-22(24)21(27-19)18-10-6-5-9-17(18)20(14-30)28-23(31)15-7-3-2-4-8-15/h2-13,20,30H,14H2,1H3,(H2,24,25)(H,28,31)/t20-/m1/s1. The molecule has 0 aliphatic heterocycles. The molecule has 8 nitrogen and oxygen atoms in total. The van der Waals surface area contributed by atoms with Crippen LogP contribution in [0.15, 0.2) is 73.2 Å². The van der Waals surface area contributed by atoms with Crippen LogP contribution in [-0.2, 0) is 7.05 Å². The van der Waals surface area contributed by atoms with E-state index < -0.39 is 6.04 Å². The molecule has 8 heteroatoms. The van der Waals surface area contributed by atoms with Gasteiger partial charge in [0.05, 0.1) is 30.7 Å². The highest BCUT2D eigenvalue weighted by molar-refractivity contribution is 5.94. The molecule has 2 aromatic heterocycles. The van der Waals surface area contributed by atoms with Gasteiger partial charge in [-0.05, 0) is 17.7 Å². The Hall–Kier alpha value is -4.04. The van der Waals surface area contributed by atoms with E-state index in [1.807, 2.05) is 43.6 Å². The third kappa shape index (κ3) is 4.29. The van der Waals surface area contributed by atoms with Gasteiger partial charge in [0.1, 0.15) is 11.5 Å². The van der Waals surface area contributed by atoms with E-state index in [0.717, 1.165) is 5.56 Å². The molecule has 156 valence electrons. The Labute approximate surface area is 179 Å². The Morgan fingerprint density at radius 3 is 2.58 bits per heavy atom. The monoisotopic (exact) mass is 414 g/mol. The minimum absolute atomic E-state index is 0.256. The van der Waals surface area contributed by atoms with Gasteiger partial charge >= 0.3 is 0 Å². The largest absolute Gasteiger partial charge is 0.394 e. The lowest BCUT2D eigenvalue weighted by molar-refractivity contribution is 0.0916. The smallest absolute Gasteiger partial charge is 0.251 e. The SMILES string of the molecule is Cn1cc(-c2cnc(N)c(-c3ccccc3[C@@H](CO)NC(=O)c3ccccc3)n2)cn1. The molecular weight excluding hydrogens is 392 g/mol. The maximum absolute atomic E-state index is 12.7. The second-order valence-electron chi connectivity index (χ2n) is 7.05. The summed E-state index contributed by atoms with van der Waals surface area (Å²) in [5.41, 5.74) is 9.96. The molecule has 0 radical (unpaired) electrons. The second kappa shape index (κ2) is 8.76. The van der Waals surface area contributed by atoms with Crippen LogP contribution in [0.4, 0.5) is 5.82 Å². The number of amides is 1. The number of rotatable bonds is 6. The molecule has 0 fully saturated rings. The van der Waals surface area contributed by atoms with Crippen molar-refractivity contribution < 1.29 is 9.90 Å². The molecule has 0 saturated carbocycles. The van der Waals surface area contributed by atoms with Gasteiger partial charge in [-0.15, -0.1) is 0 Å². The fourth-order valence-electron chi connectivity index (χ4n) is 3.36. The van der Waals surface area contributed by atoms with Crippen molar-refractivity contribution in [3.05, 3.63) is 84.3 Å². The van der Waals surface area contributed by atoms with E-state index in [-0.39, 0.29) is 18.3 Å². The van der Waals surface area contributed by atoms with Crippen molar-refractivity contribution in [3.8, 4) is 22.5 Å². The van der Waals surface area contributed by atoms with Crippen molar-refractivity contribution in [2.24, 2.45) is 7.05 Å². The average Bonchev–Trinajstić information content (AvgIpc) is 3.24. The zero-order valence-electron chi connectivity index (χ0n) is 16.9. The maximum Gasteiger partial charge on any atom is 0.251 e. The summed E-state index contributed by atoms with van der Waals surface area (Å²) < 4.78 is 1.68. The van der Waals surface area contributed by atoms with Crippen LogP contribution in [0.2, 0.25) is 0 Å². The van der Waals surface area contributed by atoms with E-state index in [1.165, 1.54) is 0 Å². The lowest BCUT2D eigenvalue weighted by Crippen LogP contribution is -2.31. The number of nitrogens with zero attached hydrogens (tertiary/aromatic N) is 4. The minimum Gasteiger partial charge on any atom is -0.394 e. The molecule has 1 atom stereocenters. The Morgan fingerprint density at radius 2 is 1.87 bits per heavy atom. The number of aromatic nitrogens is 4. The highest BCUT2D eigenvalue weighted by Crippen LogP contribution is 2.31. The van der Waals surface area contributed by atoms with Crippen LogP contribution in [0.3, 0.4) is 0 Å². The van der Waals surface area contributed by atoms with E-state index in [4.69, 9.17) is 10.7 Å². The molecule has 0 unspecified atom stereocenters. The van der Waals surface area contributed by atoms with Gasteiger partial charge in [0.25, 0.3) is 5.91 Å². The highest BCUT2D eigenvalue weighted by atomic mass is 16.3. The molecule has 1 amide bonds. The van der Waals surface area contributed by atoms with E-state index in [1.54, 1.807) is 41.3 Å². The number of nitrogen functional groups attached to an aromatic ring is 1. The van der Waals surface area contributed by atoms with Crippen LogP contribution in [0, 0.1) is 0 Å². The van der Waals surface area contributed by atoms with E-state index >= 15 is 0 Å².